The largest absolute Gasteiger partial charge is 0.309 e. The fourth-order valence-corrected chi connectivity index (χ4v) is 2.66. The molecule has 0 fully saturated rings. The first-order valence-corrected chi connectivity index (χ1v) is 7.18. The number of hydrogen-bond donors (Lipinski definition) is 1. The highest BCUT2D eigenvalue weighted by molar-refractivity contribution is 9.10. The Morgan fingerprint density at radius 3 is 2.68 bits per heavy atom. The zero-order chi connectivity index (χ0) is 14.0. The van der Waals surface area contributed by atoms with Gasteiger partial charge in [0.25, 0.3) is 5.56 Å². The average molecular weight is 342 g/mol. The van der Waals surface area contributed by atoms with Crippen LogP contribution in [0.15, 0.2) is 33.5 Å². The van der Waals surface area contributed by atoms with Gasteiger partial charge in [0.2, 0.25) is 0 Å². The maximum atomic E-state index is 11.9. The van der Waals surface area contributed by atoms with E-state index in [1.807, 2.05) is 38.1 Å². The Morgan fingerprint density at radius 2 is 2.05 bits per heavy atom. The Kier molecular flexibility index (Phi) is 4.42. The lowest BCUT2D eigenvalue weighted by Crippen LogP contribution is -2.16. The molecule has 0 saturated carbocycles. The number of H-pyrrole nitrogens is 1. The fourth-order valence-electron chi connectivity index (χ4n) is 1.81. The molecule has 2 aromatic rings. The van der Waals surface area contributed by atoms with Crippen LogP contribution in [-0.4, -0.2) is 9.97 Å². The molecule has 100 valence electrons. The number of hydrogen-bond acceptors (Lipinski definition) is 2. The van der Waals surface area contributed by atoms with Crippen LogP contribution in [0.4, 0.5) is 0 Å². The number of nitrogens with zero attached hydrogens (tertiary/aromatic N) is 1. The minimum absolute atomic E-state index is 0.152. The van der Waals surface area contributed by atoms with Crippen LogP contribution in [-0.2, 0) is 6.42 Å². The van der Waals surface area contributed by atoms with Crippen LogP contribution in [0.2, 0.25) is 5.02 Å². The molecule has 19 heavy (non-hydrogen) atoms. The summed E-state index contributed by atoms with van der Waals surface area (Å²) in [5, 5.41) is 0.680. The Labute approximate surface area is 125 Å². The van der Waals surface area contributed by atoms with Crippen molar-refractivity contribution in [2.24, 2.45) is 0 Å². The van der Waals surface area contributed by atoms with E-state index in [9.17, 15) is 4.79 Å². The molecule has 0 aliphatic rings. The van der Waals surface area contributed by atoms with E-state index in [1.54, 1.807) is 0 Å². The van der Waals surface area contributed by atoms with Crippen molar-refractivity contribution in [2.45, 2.75) is 26.2 Å². The Morgan fingerprint density at radius 1 is 1.37 bits per heavy atom. The van der Waals surface area contributed by atoms with E-state index in [2.05, 4.69) is 25.9 Å². The summed E-state index contributed by atoms with van der Waals surface area (Å²) in [4.78, 5) is 19.1. The van der Waals surface area contributed by atoms with Crippen LogP contribution in [0.1, 0.15) is 36.8 Å². The predicted octanol–water partition coefficient (Wildman–Crippen LogP) is 3.90. The lowest BCUT2D eigenvalue weighted by molar-refractivity contribution is 0.775. The monoisotopic (exact) mass is 340 g/mol. The van der Waals surface area contributed by atoms with Crippen LogP contribution in [0.25, 0.3) is 0 Å². The molecule has 0 bridgehead atoms. The number of benzene rings is 1. The second-order valence-electron chi connectivity index (χ2n) is 4.63. The van der Waals surface area contributed by atoms with Gasteiger partial charge in [0.15, 0.2) is 0 Å². The van der Waals surface area contributed by atoms with Crippen LogP contribution < -0.4 is 5.56 Å². The van der Waals surface area contributed by atoms with Crippen LogP contribution in [0, 0.1) is 0 Å². The van der Waals surface area contributed by atoms with Crippen molar-refractivity contribution >= 4 is 27.5 Å². The van der Waals surface area contributed by atoms with Crippen LogP contribution >= 0.6 is 27.5 Å². The first-order chi connectivity index (χ1) is 8.99. The van der Waals surface area contributed by atoms with Gasteiger partial charge in [-0.2, -0.15) is 0 Å². The number of halogens is 2. The highest BCUT2D eigenvalue weighted by Crippen LogP contribution is 2.21. The lowest BCUT2D eigenvalue weighted by Gasteiger charge is -2.10. The Balaban J connectivity index is 2.42. The summed E-state index contributed by atoms with van der Waals surface area (Å²) in [6, 6.07) is 7.56. The first kappa shape index (κ1) is 14.3. The highest BCUT2D eigenvalue weighted by atomic mass is 79.9. The first-order valence-electron chi connectivity index (χ1n) is 6.01. The van der Waals surface area contributed by atoms with Gasteiger partial charge in [-0.05, 0) is 33.5 Å². The topological polar surface area (TPSA) is 45.8 Å². The summed E-state index contributed by atoms with van der Waals surface area (Å²) < 4.78 is 0.505. The molecule has 1 aromatic heterocycles. The molecule has 2 rings (SSSR count). The molecule has 0 unspecified atom stereocenters. The summed E-state index contributed by atoms with van der Waals surface area (Å²) in [5.41, 5.74) is 1.57. The van der Waals surface area contributed by atoms with Crippen LogP contribution in [0.3, 0.4) is 0 Å². The summed E-state index contributed by atoms with van der Waals surface area (Å²) in [7, 11) is 0. The third-order valence-corrected chi connectivity index (χ3v) is 3.94. The van der Waals surface area contributed by atoms with Gasteiger partial charge in [0.1, 0.15) is 10.3 Å². The smallest absolute Gasteiger partial charge is 0.265 e. The second kappa shape index (κ2) is 5.88. The van der Waals surface area contributed by atoms with Crippen molar-refractivity contribution in [1.29, 1.82) is 0 Å². The molecule has 5 heteroatoms. The fraction of sp³-hybridized carbons (Fsp3) is 0.286. The van der Waals surface area contributed by atoms with Crippen molar-refractivity contribution in [3.05, 3.63) is 61.2 Å². The van der Waals surface area contributed by atoms with Crippen molar-refractivity contribution in [1.82, 2.24) is 9.97 Å². The number of aromatic amines is 1. The highest BCUT2D eigenvalue weighted by Gasteiger charge is 2.13. The maximum absolute atomic E-state index is 11.9. The number of rotatable bonds is 3. The van der Waals surface area contributed by atoms with E-state index >= 15 is 0 Å². The van der Waals surface area contributed by atoms with Gasteiger partial charge in [-0.25, -0.2) is 4.98 Å². The van der Waals surface area contributed by atoms with Gasteiger partial charge in [0.05, 0.1) is 5.69 Å². The molecule has 0 radical (unpaired) electrons. The standard InChI is InChI=1S/C14H14BrClN2O/c1-8(2)13-12(15)14(19)18-11(17-13)7-9-5-3-4-6-10(9)16/h3-6,8H,7H2,1-2H3,(H,17,18,19). The minimum atomic E-state index is -0.152. The van der Waals surface area contributed by atoms with E-state index in [0.29, 0.717) is 21.7 Å². The van der Waals surface area contributed by atoms with Gasteiger partial charge in [-0.15, -0.1) is 0 Å². The molecule has 0 aliphatic heterocycles. The molecule has 1 heterocycles. The summed E-state index contributed by atoms with van der Waals surface area (Å²) >= 11 is 9.40. The second-order valence-corrected chi connectivity index (χ2v) is 5.83. The molecule has 0 saturated heterocycles. The van der Waals surface area contributed by atoms with E-state index in [1.165, 1.54) is 0 Å². The third-order valence-electron chi connectivity index (χ3n) is 2.80. The minimum Gasteiger partial charge on any atom is -0.309 e. The van der Waals surface area contributed by atoms with Crippen molar-refractivity contribution in [3.63, 3.8) is 0 Å². The number of nitrogens with one attached hydrogen (secondary N) is 1. The molecule has 1 N–H and O–H groups in total. The molecular formula is C14H14BrClN2O. The van der Waals surface area contributed by atoms with E-state index in [4.69, 9.17) is 11.6 Å². The van der Waals surface area contributed by atoms with E-state index in [0.717, 1.165) is 11.3 Å². The van der Waals surface area contributed by atoms with Gasteiger partial charge in [0, 0.05) is 11.4 Å². The third kappa shape index (κ3) is 3.25. The van der Waals surface area contributed by atoms with E-state index < -0.39 is 0 Å². The molecule has 0 amide bonds. The summed E-state index contributed by atoms with van der Waals surface area (Å²) in [6.07, 6.45) is 0.516. The molecular weight excluding hydrogens is 328 g/mol. The van der Waals surface area contributed by atoms with Crippen LogP contribution in [0.5, 0.6) is 0 Å². The Hall–Kier alpha value is -1.13. The quantitative estimate of drug-likeness (QED) is 0.920. The lowest BCUT2D eigenvalue weighted by atomic mass is 10.1. The van der Waals surface area contributed by atoms with Gasteiger partial charge in [-0.3, -0.25) is 4.79 Å². The molecule has 0 spiro atoms. The molecule has 1 aromatic carbocycles. The Bertz CT molecular complexity index is 652. The van der Waals surface area contributed by atoms with Gasteiger partial charge >= 0.3 is 0 Å². The van der Waals surface area contributed by atoms with Crippen molar-refractivity contribution in [2.75, 3.05) is 0 Å². The normalized spacial score (nSPS) is 11.0. The van der Waals surface area contributed by atoms with Gasteiger partial charge < -0.3 is 4.98 Å². The molecule has 0 aliphatic carbocycles. The summed E-state index contributed by atoms with van der Waals surface area (Å²) in [5.74, 6) is 0.812. The predicted molar refractivity (Wildman–Crippen MR) is 80.9 cm³/mol. The van der Waals surface area contributed by atoms with Crippen molar-refractivity contribution < 1.29 is 0 Å². The summed E-state index contributed by atoms with van der Waals surface area (Å²) in [6.45, 7) is 4.01. The molecule has 3 nitrogen and oxygen atoms in total. The maximum Gasteiger partial charge on any atom is 0.265 e. The zero-order valence-corrected chi connectivity index (χ0v) is 13.0. The average Bonchev–Trinajstić information content (AvgIpc) is 2.36. The molecule has 0 atom stereocenters. The van der Waals surface area contributed by atoms with Crippen molar-refractivity contribution in [3.8, 4) is 0 Å². The van der Waals surface area contributed by atoms with E-state index in [-0.39, 0.29) is 11.5 Å². The number of aromatic nitrogens is 2. The van der Waals surface area contributed by atoms with Gasteiger partial charge in [-0.1, -0.05) is 43.6 Å². The SMILES string of the molecule is CC(C)c1nc(Cc2ccccc2Cl)[nH]c(=O)c1Br. The zero-order valence-electron chi connectivity index (χ0n) is 10.7.